The summed E-state index contributed by atoms with van der Waals surface area (Å²) in [4.78, 5) is 27.6. The van der Waals surface area contributed by atoms with Crippen molar-refractivity contribution in [1.82, 2.24) is 20.4 Å². The number of amides is 2. The van der Waals surface area contributed by atoms with Crippen LogP contribution in [0.5, 0.6) is 0 Å². The molecule has 24 heavy (non-hydrogen) atoms. The highest BCUT2D eigenvalue weighted by atomic mass is 16.4. The number of carboxylic acids is 1. The van der Waals surface area contributed by atoms with Crippen LogP contribution in [0.4, 0.5) is 4.79 Å². The lowest BCUT2D eigenvalue weighted by atomic mass is 9.85. The van der Waals surface area contributed by atoms with E-state index in [-0.39, 0.29) is 30.7 Å². The van der Waals surface area contributed by atoms with Gasteiger partial charge >= 0.3 is 12.0 Å². The van der Waals surface area contributed by atoms with Crippen molar-refractivity contribution in [3.05, 3.63) is 0 Å². The molecular weight excluding hydrogens is 308 g/mol. The fraction of sp³-hybridized carbons (Fsp3) is 0.882. The van der Waals surface area contributed by atoms with Gasteiger partial charge in [0.05, 0.1) is 6.54 Å². The monoisotopic (exact) mass is 338 g/mol. The van der Waals surface area contributed by atoms with Gasteiger partial charge in [0.1, 0.15) is 0 Å². The molecule has 0 bridgehead atoms. The average Bonchev–Trinajstić information content (AvgIpc) is 2.91. The molecule has 2 saturated heterocycles. The molecule has 0 aromatic rings. The van der Waals surface area contributed by atoms with Crippen LogP contribution in [-0.2, 0) is 4.79 Å². The van der Waals surface area contributed by atoms with Crippen LogP contribution in [0.25, 0.3) is 0 Å². The van der Waals surface area contributed by atoms with E-state index in [0.717, 1.165) is 32.4 Å². The number of fused-ring (bicyclic) bond motifs is 1. The fourth-order valence-corrected chi connectivity index (χ4v) is 4.49. The van der Waals surface area contributed by atoms with Gasteiger partial charge in [0.2, 0.25) is 0 Å². The topological polar surface area (TPSA) is 84.9 Å². The maximum Gasteiger partial charge on any atom is 0.317 e. The van der Waals surface area contributed by atoms with E-state index in [0.29, 0.717) is 6.04 Å². The van der Waals surface area contributed by atoms with E-state index in [9.17, 15) is 9.59 Å². The Bertz CT molecular complexity index is 467. The molecule has 0 aromatic heterocycles. The third-order valence-electron chi connectivity index (χ3n) is 5.88. The Kier molecular flexibility index (Phi) is 5.61. The second kappa shape index (κ2) is 7.70. The van der Waals surface area contributed by atoms with Crippen molar-refractivity contribution in [2.24, 2.45) is 0 Å². The second-order valence-corrected chi connectivity index (χ2v) is 7.39. The summed E-state index contributed by atoms with van der Waals surface area (Å²) in [5.41, 5.74) is 0. The summed E-state index contributed by atoms with van der Waals surface area (Å²) in [5.74, 6) is -0.788. The first-order valence-electron chi connectivity index (χ1n) is 9.33. The number of nitrogens with zero attached hydrogens (tertiary/aromatic N) is 2. The molecule has 1 saturated carbocycles. The molecule has 2 aliphatic heterocycles. The summed E-state index contributed by atoms with van der Waals surface area (Å²) in [6, 6.07) is 1.18. The predicted octanol–water partition coefficient (Wildman–Crippen LogP) is 0.850. The van der Waals surface area contributed by atoms with Crippen LogP contribution in [0.3, 0.4) is 0 Å². The van der Waals surface area contributed by atoms with E-state index in [4.69, 9.17) is 5.11 Å². The van der Waals surface area contributed by atoms with E-state index in [1.54, 1.807) is 0 Å². The minimum atomic E-state index is -0.788. The largest absolute Gasteiger partial charge is 0.480 e. The quantitative estimate of drug-likeness (QED) is 0.669. The summed E-state index contributed by atoms with van der Waals surface area (Å²) in [5, 5.41) is 15.1. The second-order valence-electron chi connectivity index (χ2n) is 7.39. The lowest BCUT2D eigenvalue weighted by Gasteiger charge is -2.42. The highest BCUT2D eigenvalue weighted by Crippen LogP contribution is 2.28. The third-order valence-corrected chi connectivity index (χ3v) is 5.88. The number of rotatable bonds is 6. The molecule has 2 heterocycles. The number of carbonyl (C=O) groups is 2. The predicted molar refractivity (Wildman–Crippen MR) is 91.0 cm³/mol. The fourth-order valence-electron chi connectivity index (χ4n) is 4.49. The molecule has 0 spiro atoms. The normalized spacial score (nSPS) is 32.9. The maximum absolute atomic E-state index is 12.3. The lowest BCUT2D eigenvalue weighted by molar-refractivity contribution is -0.139. The Hall–Kier alpha value is -1.34. The number of hydrogen-bond acceptors (Lipinski definition) is 4. The van der Waals surface area contributed by atoms with Gasteiger partial charge in [-0.2, -0.15) is 0 Å². The van der Waals surface area contributed by atoms with Crippen LogP contribution in [-0.4, -0.2) is 77.3 Å². The molecule has 136 valence electrons. The summed E-state index contributed by atoms with van der Waals surface area (Å²) in [7, 11) is 0. The molecule has 3 rings (SSSR count). The van der Waals surface area contributed by atoms with Gasteiger partial charge in [-0.3, -0.25) is 14.6 Å². The maximum atomic E-state index is 12.3. The summed E-state index contributed by atoms with van der Waals surface area (Å²) < 4.78 is 0. The molecule has 3 aliphatic rings. The van der Waals surface area contributed by atoms with Crippen molar-refractivity contribution in [3.63, 3.8) is 0 Å². The molecule has 7 nitrogen and oxygen atoms in total. The van der Waals surface area contributed by atoms with Crippen LogP contribution in [0.1, 0.15) is 45.4 Å². The summed E-state index contributed by atoms with van der Waals surface area (Å²) >= 11 is 0. The molecule has 0 radical (unpaired) electrons. The Morgan fingerprint density at radius 2 is 1.96 bits per heavy atom. The molecular formula is C17H30N4O3. The average molecular weight is 338 g/mol. The number of likely N-dealkylation sites (N-methyl/N-ethyl adjacent to an activating group) is 1. The number of carboxylic acid groups (broad SMARTS) is 1. The van der Waals surface area contributed by atoms with Crippen LogP contribution in [0.15, 0.2) is 0 Å². The van der Waals surface area contributed by atoms with Gasteiger partial charge in [-0.25, -0.2) is 4.79 Å². The van der Waals surface area contributed by atoms with Crippen molar-refractivity contribution in [2.45, 2.75) is 69.6 Å². The smallest absolute Gasteiger partial charge is 0.317 e. The Labute approximate surface area is 143 Å². The third kappa shape index (κ3) is 4.00. The summed E-state index contributed by atoms with van der Waals surface area (Å²) in [6.45, 7) is 5.06. The first kappa shape index (κ1) is 17.5. The van der Waals surface area contributed by atoms with Crippen LogP contribution < -0.4 is 10.6 Å². The zero-order valence-electron chi connectivity index (χ0n) is 14.5. The van der Waals surface area contributed by atoms with Crippen molar-refractivity contribution in [3.8, 4) is 0 Å². The molecule has 7 heteroatoms. The number of nitrogens with one attached hydrogen (secondary N) is 2. The Morgan fingerprint density at radius 1 is 1.17 bits per heavy atom. The molecule has 2 amide bonds. The standard InChI is InChI=1S/C17H30N4O3/c1-2-20(11-16(22)23)13-9-12(10-13)18-17(24)19-14-6-8-21-7-4-3-5-15(14)21/h12-15H,2-11H2,1H3,(H,22,23)(H2,18,19,24). The van der Waals surface area contributed by atoms with Gasteiger partial charge in [0.15, 0.2) is 0 Å². The molecule has 1 aliphatic carbocycles. The van der Waals surface area contributed by atoms with Gasteiger partial charge in [-0.05, 0) is 45.2 Å². The highest BCUT2D eigenvalue weighted by molar-refractivity contribution is 5.75. The van der Waals surface area contributed by atoms with Crippen LogP contribution >= 0.6 is 0 Å². The van der Waals surface area contributed by atoms with Gasteiger partial charge in [-0.15, -0.1) is 0 Å². The first-order chi connectivity index (χ1) is 11.6. The SMILES string of the molecule is CCN(CC(=O)O)C1CC(NC(=O)NC2CCN3CCCCC23)C1. The van der Waals surface area contributed by atoms with E-state index in [1.165, 1.54) is 25.8 Å². The molecule has 2 unspecified atom stereocenters. The number of piperidine rings is 1. The Balaban J connectivity index is 1.38. The minimum absolute atomic E-state index is 0.0582. The number of urea groups is 1. The summed E-state index contributed by atoms with van der Waals surface area (Å²) in [6.07, 6.45) is 6.47. The van der Waals surface area contributed by atoms with E-state index >= 15 is 0 Å². The van der Waals surface area contributed by atoms with Gasteiger partial charge < -0.3 is 15.7 Å². The number of hydrogen-bond donors (Lipinski definition) is 3. The van der Waals surface area contributed by atoms with Gasteiger partial charge in [-0.1, -0.05) is 13.3 Å². The van der Waals surface area contributed by atoms with Crippen molar-refractivity contribution in [2.75, 3.05) is 26.2 Å². The van der Waals surface area contributed by atoms with Crippen LogP contribution in [0.2, 0.25) is 0 Å². The minimum Gasteiger partial charge on any atom is -0.480 e. The van der Waals surface area contributed by atoms with Crippen molar-refractivity contribution in [1.29, 1.82) is 0 Å². The number of carbonyl (C=O) groups excluding carboxylic acids is 1. The molecule has 3 fully saturated rings. The molecule has 2 atom stereocenters. The van der Waals surface area contributed by atoms with E-state index in [1.807, 2.05) is 11.8 Å². The first-order valence-corrected chi connectivity index (χ1v) is 9.33. The molecule has 3 N–H and O–H groups in total. The Morgan fingerprint density at radius 3 is 2.67 bits per heavy atom. The van der Waals surface area contributed by atoms with E-state index in [2.05, 4.69) is 15.5 Å². The number of aliphatic carboxylic acids is 1. The van der Waals surface area contributed by atoms with Crippen molar-refractivity contribution >= 4 is 12.0 Å². The van der Waals surface area contributed by atoms with Crippen LogP contribution in [0, 0.1) is 0 Å². The van der Waals surface area contributed by atoms with Crippen molar-refractivity contribution < 1.29 is 14.7 Å². The highest BCUT2D eigenvalue weighted by Gasteiger charge is 2.38. The zero-order chi connectivity index (χ0) is 17.1. The molecule has 0 aromatic carbocycles. The van der Waals surface area contributed by atoms with E-state index < -0.39 is 5.97 Å². The van der Waals surface area contributed by atoms with Gasteiger partial charge in [0.25, 0.3) is 0 Å². The van der Waals surface area contributed by atoms with Gasteiger partial charge in [0, 0.05) is 30.7 Å². The zero-order valence-corrected chi connectivity index (χ0v) is 14.5. The lowest BCUT2D eigenvalue weighted by Crippen LogP contribution is -2.58.